The lowest BCUT2D eigenvalue weighted by Crippen LogP contribution is -2.40. The van der Waals surface area contributed by atoms with E-state index >= 15 is 0 Å². The zero-order valence-electron chi connectivity index (χ0n) is 13.6. The number of ether oxygens (including phenoxy) is 2. The summed E-state index contributed by atoms with van der Waals surface area (Å²) in [7, 11) is 1.76. The highest BCUT2D eigenvalue weighted by Crippen LogP contribution is 2.31. The molecule has 23 heavy (non-hydrogen) atoms. The van der Waals surface area contributed by atoms with Crippen LogP contribution in [0, 0.1) is 0 Å². The number of likely N-dealkylation sites (N-methyl/N-ethyl adjacent to an activating group) is 1. The van der Waals surface area contributed by atoms with Gasteiger partial charge in [0, 0.05) is 32.4 Å². The number of hydrogen-bond acceptors (Lipinski definition) is 4. The normalized spacial score (nSPS) is 16.6. The van der Waals surface area contributed by atoms with Crippen LogP contribution in [0.1, 0.15) is 12.5 Å². The standard InChI is InChI=1S/C18H22N2O3/c1-3-20(11-14-8-9-19(2)18(21)10-14)12-15-13-22-16-6-4-5-7-17(16)23-15/h4-10,15H,3,11-13H2,1-2H3. The molecular formula is C18H22N2O3. The summed E-state index contributed by atoms with van der Waals surface area (Å²) in [6.45, 7) is 5.04. The Balaban J connectivity index is 1.64. The molecule has 2 aromatic rings. The minimum atomic E-state index is -0.00334. The van der Waals surface area contributed by atoms with Crippen molar-refractivity contribution in [2.75, 3.05) is 19.7 Å². The van der Waals surface area contributed by atoms with E-state index < -0.39 is 0 Å². The lowest BCUT2D eigenvalue weighted by Gasteiger charge is -2.30. The maximum atomic E-state index is 11.7. The zero-order chi connectivity index (χ0) is 16.2. The predicted molar refractivity (Wildman–Crippen MR) is 89.0 cm³/mol. The molecule has 1 atom stereocenters. The molecule has 1 aromatic carbocycles. The molecule has 1 aliphatic rings. The van der Waals surface area contributed by atoms with E-state index in [2.05, 4.69) is 11.8 Å². The van der Waals surface area contributed by atoms with Crippen LogP contribution >= 0.6 is 0 Å². The van der Waals surface area contributed by atoms with Crippen LogP contribution in [0.4, 0.5) is 0 Å². The first kappa shape index (κ1) is 15.6. The molecule has 5 heteroatoms. The minimum absolute atomic E-state index is 0.00334. The maximum absolute atomic E-state index is 11.7. The Morgan fingerprint density at radius 3 is 2.78 bits per heavy atom. The smallest absolute Gasteiger partial charge is 0.250 e. The number of hydrogen-bond donors (Lipinski definition) is 0. The van der Waals surface area contributed by atoms with Gasteiger partial charge in [0.05, 0.1) is 0 Å². The van der Waals surface area contributed by atoms with E-state index in [1.165, 1.54) is 0 Å². The second kappa shape index (κ2) is 6.87. The third-order valence-corrected chi connectivity index (χ3v) is 4.05. The first-order valence-electron chi connectivity index (χ1n) is 7.92. The van der Waals surface area contributed by atoms with Gasteiger partial charge in [0.15, 0.2) is 11.5 Å². The highest BCUT2D eigenvalue weighted by molar-refractivity contribution is 5.40. The van der Waals surface area contributed by atoms with Crippen molar-refractivity contribution in [2.45, 2.75) is 19.6 Å². The minimum Gasteiger partial charge on any atom is -0.486 e. The van der Waals surface area contributed by atoms with E-state index in [1.807, 2.05) is 36.5 Å². The summed E-state index contributed by atoms with van der Waals surface area (Å²) in [6, 6.07) is 11.4. The van der Waals surface area contributed by atoms with Gasteiger partial charge in [-0.3, -0.25) is 9.69 Å². The highest BCUT2D eigenvalue weighted by Gasteiger charge is 2.22. The Morgan fingerprint density at radius 2 is 2.04 bits per heavy atom. The average molecular weight is 314 g/mol. The fourth-order valence-electron chi connectivity index (χ4n) is 2.69. The molecular weight excluding hydrogens is 292 g/mol. The summed E-state index contributed by atoms with van der Waals surface area (Å²) in [5, 5.41) is 0. The number of nitrogens with zero attached hydrogens (tertiary/aromatic N) is 2. The number of para-hydroxylation sites is 2. The molecule has 3 rings (SSSR count). The van der Waals surface area contributed by atoms with Gasteiger partial charge in [-0.2, -0.15) is 0 Å². The zero-order valence-corrected chi connectivity index (χ0v) is 13.6. The van der Waals surface area contributed by atoms with Crippen molar-refractivity contribution in [3.63, 3.8) is 0 Å². The maximum Gasteiger partial charge on any atom is 0.250 e. The average Bonchev–Trinajstić information content (AvgIpc) is 2.57. The Morgan fingerprint density at radius 1 is 1.26 bits per heavy atom. The monoisotopic (exact) mass is 314 g/mol. The molecule has 0 saturated carbocycles. The number of pyridine rings is 1. The van der Waals surface area contributed by atoms with E-state index in [9.17, 15) is 4.79 Å². The topological polar surface area (TPSA) is 43.7 Å². The van der Waals surface area contributed by atoms with Crippen molar-refractivity contribution in [1.82, 2.24) is 9.47 Å². The van der Waals surface area contributed by atoms with E-state index in [4.69, 9.17) is 9.47 Å². The third kappa shape index (κ3) is 3.74. The van der Waals surface area contributed by atoms with Gasteiger partial charge in [-0.1, -0.05) is 19.1 Å². The summed E-state index contributed by atoms with van der Waals surface area (Å²) in [5.74, 6) is 1.60. The van der Waals surface area contributed by atoms with Crippen LogP contribution in [0.25, 0.3) is 0 Å². The van der Waals surface area contributed by atoms with Gasteiger partial charge in [-0.15, -0.1) is 0 Å². The molecule has 0 radical (unpaired) electrons. The fourth-order valence-corrected chi connectivity index (χ4v) is 2.69. The molecule has 0 bridgehead atoms. The SMILES string of the molecule is CCN(Cc1ccn(C)c(=O)c1)CC1COc2ccccc2O1. The molecule has 1 unspecified atom stereocenters. The summed E-state index contributed by atoms with van der Waals surface area (Å²) < 4.78 is 13.4. The van der Waals surface area contributed by atoms with Crippen LogP contribution in [0.5, 0.6) is 11.5 Å². The molecule has 1 aromatic heterocycles. The van der Waals surface area contributed by atoms with Crippen LogP contribution in [-0.2, 0) is 13.6 Å². The third-order valence-electron chi connectivity index (χ3n) is 4.05. The fraction of sp³-hybridized carbons (Fsp3) is 0.389. The van der Waals surface area contributed by atoms with E-state index in [1.54, 1.807) is 17.7 Å². The van der Waals surface area contributed by atoms with E-state index in [-0.39, 0.29) is 11.7 Å². The van der Waals surface area contributed by atoms with Gasteiger partial charge in [0.25, 0.3) is 5.56 Å². The molecule has 0 amide bonds. The van der Waals surface area contributed by atoms with Crippen molar-refractivity contribution in [3.8, 4) is 11.5 Å². The van der Waals surface area contributed by atoms with Gasteiger partial charge in [-0.05, 0) is 30.3 Å². The van der Waals surface area contributed by atoms with E-state index in [0.29, 0.717) is 6.61 Å². The summed E-state index contributed by atoms with van der Waals surface area (Å²) in [5.41, 5.74) is 1.04. The van der Waals surface area contributed by atoms with Crippen LogP contribution in [-0.4, -0.2) is 35.3 Å². The number of benzene rings is 1. The number of rotatable bonds is 5. The first-order chi connectivity index (χ1) is 11.2. The van der Waals surface area contributed by atoms with Crippen molar-refractivity contribution in [2.24, 2.45) is 7.05 Å². The second-order valence-corrected chi connectivity index (χ2v) is 5.81. The van der Waals surface area contributed by atoms with Crippen molar-refractivity contribution >= 4 is 0 Å². The van der Waals surface area contributed by atoms with Crippen molar-refractivity contribution in [3.05, 3.63) is 58.5 Å². The number of aryl methyl sites for hydroxylation is 1. The van der Waals surface area contributed by atoms with Gasteiger partial charge >= 0.3 is 0 Å². The first-order valence-corrected chi connectivity index (χ1v) is 7.92. The molecule has 0 N–H and O–H groups in total. The molecule has 122 valence electrons. The van der Waals surface area contributed by atoms with Gasteiger partial charge in [0.2, 0.25) is 0 Å². The van der Waals surface area contributed by atoms with Gasteiger partial charge in [0.1, 0.15) is 12.7 Å². The highest BCUT2D eigenvalue weighted by atomic mass is 16.6. The summed E-state index contributed by atoms with van der Waals surface area (Å²) in [6.07, 6.45) is 1.80. The predicted octanol–water partition coefficient (Wildman–Crippen LogP) is 2.05. The Hall–Kier alpha value is -2.27. The Labute approximate surface area is 136 Å². The summed E-state index contributed by atoms with van der Waals surface area (Å²) in [4.78, 5) is 14.0. The van der Waals surface area contributed by atoms with Gasteiger partial charge in [-0.25, -0.2) is 0 Å². The second-order valence-electron chi connectivity index (χ2n) is 5.81. The molecule has 0 aliphatic carbocycles. The lowest BCUT2D eigenvalue weighted by atomic mass is 10.2. The lowest BCUT2D eigenvalue weighted by molar-refractivity contribution is 0.0580. The van der Waals surface area contributed by atoms with Crippen molar-refractivity contribution < 1.29 is 9.47 Å². The molecule has 0 saturated heterocycles. The number of fused-ring (bicyclic) bond motifs is 1. The molecule has 5 nitrogen and oxygen atoms in total. The van der Waals surface area contributed by atoms with Crippen LogP contribution in [0.15, 0.2) is 47.4 Å². The largest absolute Gasteiger partial charge is 0.486 e. The Kier molecular flexibility index (Phi) is 4.67. The molecule has 0 spiro atoms. The van der Waals surface area contributed by atoms with Gasteiger partial charge < -0.3 is 14.0 Å². The number of aromatic nitrogens is 1. The molecule has 1 aliphatic heterocycles. The summed E-state index contributed by atoms with van der Waals surface area (Å²) >= 11 is 0. The Bertz CT molecular complexity index is 726. The van der Waals surface area contributed by atoms with Crippen LogP contribution in [0.3, 0.4) is 0 Å². The van der Waals surface area contributed by atoms with Crippen LogP contribution < -0.4 is 15.0 Å². The van der Waals surface area contributed by atoms with Crippen molar-refractivity contribution in [1.29, 1.82) is 0 Å². The van der Waals surface area contributed by atoms with Crippen LogP contribution in [0.2, 0.25) is 0 Å². The quantitative estimate of drug-likeness (QED) is 0.847. The van der Waals surface area contributed by atoms with E-state index in [0.717, 1.165) is 36.7 Å². The molecule has 0 fully saturated rings. The molecule has 2 heterocycles.